The second-order valence-electron chi connectivity index (χ2n) is 7.22. The Morgan fingerprint density at radius 1 is 0.963 bits per heavy atom. The lowest BCUT2D eigenvalue weighted by atomic mass is 9.75. The standard InChI is InChI=1S/C22H17FN2O2/c23-19-8-4-3-7-16(19)22-18-11-13-5-1-2-6-15(13)21(18)17-12-14(25(26)27)9-10-20(17)24-22/h1-10,12,18,21-22,24H,11H2/t18-,21-,22+/m0/s1. The number of rotatable bonds is 2. The highest BCUT2D eigenvalue weighted by Crippen LogP contribution is 2.54. The highest BCUT2D eigenvalue weighted by atomic mass is 19.1. The second-order valence-corrected chi connectivity index (χ2v) is 7.22. The van der Waals surface area contributed by atoms with Gasteiger partial charge >= 0.3 is 0 Å². The van der Waals surface area contributed by atoms with Gasteiger partial charge in [0.05, 0.1) is 11.0 Å². The van der Waals surface area contributed by atoms with Crippen LogP contribution in [0.25, 0.3) is 0 Å². The Balaban J connectivity index is 1.71. The molecule has 0 saturated heterocycles. The lowest BCUT2D eigenvalue weighted by Gasteiger charge is -2.38. The lowest BCUT2D eigenvalue weighted by molar-refractivity contribution is -0.384. The number of nitro groups is 1. The molecule has 27 heavy (non-hydrogen) atoms. The molecule has 1 aliphatic carbocycles. The molecule has 1 N–H and O–H groups in total. The first-order valence-electron chi connectivity index (χ1n) is 9.00. The van der Waals surface area contributed by atoms with Crippen LogP contribution in [0.4, 0.5) is 15.8 Å². The van der Waals surface area contributed by atoms with Gasteiger partial charge < -0.3 is 5.32 Å². The van der Waals surface area contributed by atoms with E-state index in [2.05, 4.69) is 17.4 Å². The quantitative estimate of drug-likeness (QED) is 0.504. The molecule has 3 aromatic rings. The average molecular weight is 360 g/mol. The highest BCUT2D eigenvalue weighted by Gasteiger charge is 2.44. The van der Waals surface area contributed by atoms with E-state index in [-0.39, 0.29) is 34.3 Å². The smallest absolute Gasteiger partial charge is 0.269 e. The Hall–Kier alpha value is -3.21. The fraction of sp³-hybridized carbons (Fsp3) is 0.182. The van der Waals surface area contributed by atoms with Crippen LogP contribution >= 0.6 is 0 Å². The fourth-order valence-electron chi connectivity index (χ4n) is 4.70. The van der Waals surface area contributed by atoms with E-state index in [4.69, 9.17) is 0 Å². The molecule has 1 heterocycles. The Labute approximate surface area is 155 Å². The van der Waals surface area contributed by atoms with Gasteiger partial charge in [-0.05, 0) is 41.2 Å². The molecule has 0 fully saturated rings. The van der Waals surface area contributed by atoms with Crippen LogP contribution in [0.2, 0.25) is 0 Å². The number of fused-ring (bicyclic) bond motifs is 5. The first kappa shape index (κ1) is 16.0. The van der Waals surface area contributed by atoms with Gasteiger partial charge in [0.1, 0.15) is 5.82 Å². The van der Waals surface area contributed by atoms with Crippen LogP contribution in [0.15, 0.2) is 66.7 Å². The summed E-state index contributed by atoms with van der Waals surface area (Å²) >= 11 is 0. The Bertz CT molecular complexity index is 1070. The molecule has 0 saturated carbocycles. The maximum atomic E-state index is 14.6. The highest BCUT2D eigenvalue weighted by molar-refractivity contribution is 5.65. The minimum atomic E-state index is -0.362. The minimum Gasteiger partial charge on any atom is -0.378 e. The van der Waals surface area contributed by atoms with E-state index in [1.165, 1.54) is 23.3 Å². The number of hydrogen-bond acceptors (Lipinski definition) is 3. The summed E-state index contributed by atoms with van der Waals surface area (Å²) in [5, 5.41) is 14.8. The average Bonchev–Trinajstić information content (AvgIpc) is 3.07. The van der Waals surface area contributed by atoms with Crippen molar-refractivity contribution in [3.63, 3.8) is 0 Å². The van der Waals surface area contributed by atoms with E-state index in [9.17, 15) is 14.5 Å². The van der Waals surface area contributed by atoms with Crippen molar-refractivity contribution >= 4 is 11.4 Å². The van der Waals surface area contributed by atoms with E-state index in [0.717, 1.165) is 17.7 Å². The number of hydrogen-bond donors (Lipinski definition) is 1. The van der Waals surface area contributed by atoms with E-state index in [0.29, 0.717) is 5.56 Å². The maximum Gasteiger partial charge on any atom is 0.269 e. The van der Waals surface area contributed by atoms with E-state index in [1.54, 1.807) is 18.2 Å². The molecule has 0 unspecified atom stereocenters. The van der Waals surface area contributed by atoms with Crippen molar-refractivity contribution in [2.45, 2.75) is 18.4 Å². The molecule has 4 nitrogen and oxygen atoms in total. The molecule has 2 aliphatic rings. The van der Waals surface area contributed by atoms with Gasteiger partial charge in [-0.2, -0.15) is 0 Å². The molecule has 0 radical (unpaired) electrons. The number of non-ortho nitro benzene ring substituents is 1. The van der Waals surface area contributed by atoms with E-state index >= 15 is 0 Å². The third-order valence-corrected chi connectivity index (χ3v) is 5.83. The molecular weight excluding hydrogens is 343 g/mol. The van der Waals surface area contributed by atoms with Crippen LogP contribution in [0, 0.1) is 21.8 Å². The SMILES string of the molecule is O=[N+]([O-])c1ccc2c(c1)[C@@H]1c3ccccc3C[C@@H]1[C@@H](c1ccccc1F)N2. The molecule has 0 bridgehead atoms. The van der Waals surface area contributed by atoms with Gasteiger partial charge in [0.2, 0.25) is 0 Å². The molecular formula is C22H17FN2O2. The van der Waals surface area contributed by atoms with Crippen LogP contribution in [0.3, 0.4) is 0 Å². The van der Waals surface area contributed by atoms with Crippen molar-refractivity contribution in [1.29, 1.82) is 0 Å². The molecule has 3 aromatic carbocycles. The van der Waals surface area contributed by atoms with Gasteiger partial charge in [-0.1, -0.05) is 42.5 Å². The largest absolute Gasteiger partial charge is 0.378 e. The van der Waals surface area contributed by atoms with Crippen molar-refractivity contribution in [2.75, 3.05) is 5.32 Å². The van der Waals surface area contributed by atoms with Crippen LogP contribution in [0.1, 0.15) is 34.2 Å². The van der Waals surface area contributed by atoms with Gasteiger partial charge in [-0.15, -0.1) is 0 Å². The number of halogens is 1. The zero-order valence-corrected chi connectivity index (χ0v) is 14.4. The van der Waals surface area contributed by atoms with Crippen molar-refractivity contribution in [2.24, 2.45) is 5.92 Å². The monoisotopic (exact) mass is 360 g/mol. The zero-order valence-electron chi connectivity index (χ0n) is 14.4. The lowest BCUT2D eigenvalue weighted by Crippen LogP contribution is -2.31. The summed E-state index contributed by atoms with van der Waals surface area (Å²) in [5.41, 5.74) is 4.91. The third kappa shape index (κ3) is 2.42. The topological polar surface area (TPSA) is 55.2 Å². The number of nitro benzene ring substituents is 1. The number of benzene rings is 3. The van der Waals surface area contributed by atoms with Gasteiger partial charge in [0, 0.05) is 29.3 Å². The summed E-state index contributed by atoms with van der Waals surface area (Å²) in [4.78, 5) is 10.9. The molecule has 3 atom stereocenters. The molecule has 134 valence electrons. The number of nitrogens with one attached hydrogen (secondary N) is 1. The van der Waals surface area contributed by atoms with Crippen molar-refractivity contribution < 1.29 is 9.31 Å². The zero-order chi connectivity index (χ0) is 18.5. The van der Waals surface area contributed by atoms with Gasteiger partial charge in [-0.25, -0.2) is 4.39 Å². The van der Waals surface area contributed by atoms with Crippen LogP contribution in [-0.4, -0.2) is 4.92 Å². The summed E-state index contributed by atoms with van der Waals surface area (Å²) in [7, 11) is 0. The molecule has 0 amide bonds. The normalized spacial score (nSPS) is 22.3. The Kier molecular flexibility index (Phi) is 3.50. The maximum absolute atomic E-state index is 14.6. The molecule has 5 rings (SSSR count). The Morgan fingerprint density at radius 2 is 1.70 bits per heavy atom. The van der Waals surface area contributed by atoms with Gasteiger partial charge in [-0.3, -0.25) is 10.1 Å². The second kappa shape index (κ2) is 5.91. The molecule has 1 aliphatic heterocycles. The predicted octanol–water partition coefficient (Wildman–Crippen LogP) is 5.20. The first-order valence-corrected chi connectivity index (χ1v) is 9.00. The van der Waals surface area contributed by atoms with E-state index in [1.807, 2.05) is 24.3 Å². The van der Waals surface area contributed by atoms with E-state index < -0.39 is 0 Å². The summed E-state index contributed by atoms with van der Waals surface area (Å²) in [5.74, 6) is -0.106. The van der Waals surface area contributed by atoms with Gasteiger partial charge in [0.15, 0.2) is 0 Å². The van der Waals surface area contributed by atoms with Crippen molar-refractivity contribution in [3.05, 3.63) is 105 Å². The summed E-state index contributed by atoms with van der Waals surface area (Å²) in [6.07, 6.45) is 0.814. The molecule has 0 aromatic heterocycles. The fourth-order valence-corrected chi connectivity index (χ4v) is 4.70. The van der Waals surface area contributed by atoms with Crippen LogP contribution < -0.4 is 5.32 Å². The molecule has 5 heteroatoms. The van der Waals surface area contributed by atoms with Gasteiger partial charge in [0.25, 0.3) is 5.69 Å². The molecule has 0 spiro atoms. The Morgan fingerprint density at radius 3 is 2.48 bits per heavy atom. The summed E-state index contributed by atoms with van der Waals surface area (Å²) < 4.78 is 14.6. The number of anilines is 1. The predicted molar refractivity (Wildman–Crippen MR) is 101 cm³/mol. The van der Waals surface area contributed by atoms with Crippen LogP contribution in [0.5, 0.6) is 0 Å². The van der Waals surface area contributed by atoms with Crippen LogP contribution in [-0.2, 0) is 6.42 Å². The minimum absolute atomic E-state index is 0.0157. The summed E-state index contributed by atoms with van der Waals surface area (Å²) in [6.45, 7) is 0. The summed E-state index contributed by atoms with van der Waals surface area (Å²) in [6, 6.07) is 19.8. The number of nitrogens with zero attached hydrogens (tertiary/aromatic N) is 1. The third-order valence-electron chi connectivity index (χ3n) is 5.83. The first-order chi connectivity index (χ1) is 13.1. The van der Waals surface area contributed by atoms with Crippen molar-refractivity contribution in [1.82, 2.24) is 0 Å². The van der Waals surface area contributed by atoms with Crippen molar-refractivity contribution in [3.8, 4) is 0 Å².